The zero-order valence-electron chi connectivity index (χ0n) is 18.1. The standard InChI is InChI=1S/C24H27F2N3O3/c1-29-21(30)24(28-23(29)27,18-11-13-20(14-12-18)32-22(25)26)19-10-7-9-17(16-19)8-5-3-4-6-15-31-2/h5,7-14,16,22H,3-4,6,15H2,1-2H3,(H2,27,28)/t24-/m1/s1. The van der Waals surface area contributed by atoms with E-state index in [0.29, 0.717) is 11.1 Å². The number of hydrogen-bond acceptors (Lipinski definition) is 5. The van der Waals surface area contributed by atoms with E-state index < -0.39 is 12.2 Å². The average Bonchev–Trinajstić information content (AvgIpc) is 3.01. The smallest absolute Gasteiger partial charge is 0.387 e. The van der Waals surface area contributed by atoms with Crippen LogP contribution in [0.1, 0.15) is 36.0 Å². The van der Waals surface area contributed by atoms with Crippen LogP contribution in [0, 0.1) is 0 Å². The maximum atomic E-state index is 13.3. The number of halogens is 2. The van der Waals surface area contributed by atoms with Gasteiger partial charge in [-0.15, -0.1) is 0 Å². The SMILES string of the molecule is COCCCCC=Cc1cccc([C@@]2(c3ccc(OC(F)F)cc3)N=C(N)N(C)C2=O)c1. The molecule has 32 heavy (non-hydrogen) atoms. The molecule has 0 radical (unpaired) electrons. The summed E-state index contributed by atoms with van der Waals surface area (Å²) in [4.78, 5) is 19.1. The van der Waals surface area contributed by atoms with Crippen molar-refractivity contribution in [3.63, 3.8) is 0 Å². The predicted octanol–water partition coefficient (Wildman–Crippen LogP) is 4.15. The van der Waals surface area contributed by atoms with Gasteiger partial charge in [-0.1, -0.05) is 42.5 Å². The number of hydrogen-bond donors (Lipinski definition) is 1. The van der Waals surface area contributed by atoms with Gasteiger partial charge in [-0.3, -0.25) is 9.69 Å². The zero-order chi connectivity index (χ0) is 23.1. The lowest BCUT2D eigenvalue weighted by Gasteiger charge is -2.26. The van der Waals surface area contributed by atoms with Gasteiger partial charge >= 0.3 is 6.61 Å². The summed E-state index contributed by atoms with van der Waals surface area (Å²) in [5.74, 6) is -0.236. The molecule has 1 aliphatic heterocycles. The quantitative estimate of drug-likeness (QED) is 0.560. The first-order valence-corrected chi connectivity index (χ1v) is 10.3. The van der Waals surface area contributed by atoms with Crippen LogP contribution in [0.4, 0.5) is 8.78 Å². The molecule has 1 atom stereocenters. The molecule has 1 aliphatic rings. The monoisotopic (exact) mass is 443 g/mol. The summed E-state index contributed by atoms with van der Waals surface area (Å²) in [5, 5.41) is 0. The van der Waals surface area contributed by atoms with Crippen molar-refractivity contribution in [1.82, 2.24) is 4.90 Å². The maximum absolute atomic E-state index is 13.3. The number of aliphatic imine (C=N–C) groups is 1. The van der Waals surface area contributed by atoms with Crippen LogP contribution in [0.3, 0.4) is 0 Å². The molecule has 3 rings (SSSR count). The van der Waals surface area contributed by atoms with Crippen molar-refractivity contribution in [1.29, 1.82) is 0 Å². The van der Waals surface area contributed by atoms with Crippen LogP contribution in [0.15, 0.2) is 59.6 Å². The lowest BCUT2D eigenvalue weighted by Crippen LogP contribution is -2.41. The molecule has 0 spiro atoms. The summed E-state index contributed by atoms with van der Waals surface area (Å²) in [6.07, 6.45) is 7.00. The minimum Gasteiger partial charge on any atom is -0.435 e. The largest absolute Gasteiger partial charge is 0.435 e. The number of carbonyl (C=O) groups excluding carboxylic acids is 1. The van der Waals surface area contributed by atoms with Crippen LogP contribution in [0.25, 0.3) is 6.08 Å². The van der Waals surface area contributed by atoms with E-state index in [4.69, 9.17) is 10.5 Å². The third-order valence-corrected chi connectivity index (χ3v) is 5.32. The minimum atomic E-state index is -2.93. The van der Waals surface area contributed by atoms with E-state index >= 15 is 0 Å². The fourth-order valence-corrected chi connectivity index (χ4v) is 3.66. The second-order valence-corrected chi connectivity index (χ2v) is 7.46. The lowest BCUT2D eigenvalue weighted by molar-refractivity contribution is -0.129. The number of nitrogens with two attached hydrogens (primary N) is 1. The Hall–Kier alpha value is -3.26. The second-order valence-electron chi connectivity index (χ2n) is 7.46. The molecule has 2 aromatic carbocycles. The van der Waals surface area contributed by atoms with Gasteiger partial charge < -0.3 is 15.2 Å². The van der Waals surface area contributed by atoms with Gasteiger partial charge in [0.05, 0.1) is 0 Å². The summed E-state index contributed by atoms with van der Waals surface area (Å²) in [7, 11) is 3.24. The number of carbonyl (C=O) groups is 1. The Labute approximate surface area is 186 Å². The first kappa shape index (κ1) is 23.4. The van der Waals surface area contributed by atoms with Crippen LogP contribution in [0.5, 0.6) is 5.75 Å². The number of methoxy groups -OCH3 is 1. The van der Waals surface area contributed by atoms with E-state index in [1.54, 1.807) is 26.3 Å². The number of allylic oxidation sites excluding steroid dienone is 1. The molecule has 170 valence electrons. The number of amides is 1. The first-order valence-electron chi connectivity index (χ1n) is 10.3. The summed E-state index contributed by atoms with van der Waals surface area (Å²) in [6.45, 7) is -2.19. The number of unbranched alkanes of at least 4 members (excludes halogenated alkanes) is 2. The van der Waals surface area contributed by atoms with Gasteiger partial charge in [0.1, 0.15) is 5.75 Å². The number of nitrogens with zero attached hydrogens (tertiary/aromatic N) is 2. The molecular formula is C24H27F2N3O3. The van der Waals surface area contributed by atoms with Gasteiger partial charge in [0.25, 0.3) is 5.91 Å². The van der Waals surface area contributed by atoms with E-state index in [2.05, 4.69) is 15.8 Å². The molecule has 2 aromatic rings. The highest BCUT2D eigenvalue weighted by Crippen LogP contribution is 2.40. The minimum absolute atomic E-state index is 0.000177. The van der Waals surface area contributed by atoms with Gasteiger partial charge in [-0.2, -0.15) is 8.78 Å². The Bertz CT molecular complexity index is 992. The van der Waals surface area contributed by atoms with E-state index in [-0.39, 0.29) is 17.6 Å². The van der Waals surface area contributed by atoms with Crippen molar-refractivity contribution in [3.8, 4) is 5.75 Å². The normalized spacial score (nSPS) is 18.6. The summed E-state index contributed by atoms with van der Waals surface area (Å²) in [5.41, 5.74) is 6.67. The summed E-state index contributed by atoms with van der Waals surface area (Å²) < 4.78 is 34.5. The maximum Gasteiger partial charge on any atom is 0.387 e. The Morgan fingerprint density at radius 2 is 1.91 bits per heavy atom. The molecule has 0 fully saturated rings. The number of alkyl halides is 2. The Morgan fingerprint density at radius 3 is 2.53 bits per heavy atom. The Morgan fingerprint density at radius 1 is 1.16 bits per heavy atom. The number of rotatable bonds is 10. The van der Waals surface area contributed by atoms with Gasteiger partial charge in [-0.05, 0) is 54.2 Å². The third-order valence-electron chi connectivity index (χ3n) is 5.32. The highest BCUT2D eigenvalue weighted by molar-refractivity contribution is 6.09. The molecule has 0 saturated carbocycles. The average molecular weight is 443 g/mol. The van der Waals surface area contributed by atoms with Crippen molar-refractivity contribution in [2.24, 2.45) is 10.7 Å². The van der Waals surface area contributed by atoms with Crippen LogP contribution in [-0.2, 0) is 15.1 Å². The highest BCUT2D eigenvalue weighted by atomic mass is 19.3. The molecule has 1 heterocycles. The van der Waals surface area contributed by atoms with Crippen LogP contribution in [0.2, 0.25) is 0 Å². The van der Waals surface area contributed by atoms with Gasteiger partial charge in [0.15, 0.2) is 11.5 Å². The van der Waals surface area contributed by atoms with Crippen LogP contribution in [-0.4, -0.2) is 44.1 Å². The van der Waals surface area contributed by atoms with Crippen molar-refractivity contribution >= 4 is 17.9 Å². The molecule has 0 aliphatic carbocycles. The summed E-state index contributed by atoms with van der Waals surface area (Å²) in [6, 6.07) is 13.4. The van der Waals surface area contributed by atoms with E-state index in [1.807, 2.05) is 30.3 Å². The van der Waals surface area contributed by atoms with E-state index in [0.717, 1.165) is 31.4 Å². The molecular weight excluding hydrogens is 416 g/mol. The molecule has 0 unspecified atom stereocenters. The zero-order valence-corrected chi connectivity index (χ0v) is 18.1. The first-order chi connectivity index (χ1) is 15.4. The summed E-state index contributed by atoms with van der Waals surface area (Å²) >= 11 is 0. The van der Waals surface area contributed by atoms with Crippen molar-refractivity contribution in [3.05, 3.63) is 71.3 Å². The molecule has 6 nitrogen and oxygen atoms in total. The van der Waals surface area contributed by atoms with Crippen LogP contribution >= 0.6 is 0 Å². The second kappa shape index (κ2) is 10.4. The molecule has 2 N–H and O–H groups in total. The van der Waals surface area contributed by atoms with Gasteiger partial charge in [0, 0.05) is 20.8 Å². The number of ether oxygens (including phenoxy) is 2. The molecule has 1 amide bonds. The number of likely N-dealkylation sites (N-methyl/N-ethyl adjacent to an activating group) is 1. The lowest BCUT2D eigenvalue weighted by atomic mass is 9.82. The van der Waals surface area contributed by atoms with Crippen molar-refractivity contribution in [2.75, 3.05) is 20.8 Å². The molecule has 0 saturated heterocycles. The topological polar surface area (TPSA) is 77.2 Å². The molecule has 0 bridgehead atoms. The van der Waals surface area contributed by atoms with E-state index in [1.165, 1.54) is 17.0 Å². The highest BCUT2D eigenvalue weighted by Gasteiger charge is 2.49. The Balaban J connectivity index is 1.94. The van der Waals surface area contributed by atoms with Crippen LogP contribution < -0.4 is 10.5 Å². The molecule has 8 heteroatoms. The van der Waals surface area contributed by atoms with E-state index in [9.17, 15) is 13.6 Å². The van der Waals surface area contributed by atoms with Crippen molar-refractivity contribution in [2.45, 2.75) is 31.4 Å². The van der Waals surface area contributed by atoms with Crippen molar-refractivity contribution < 1.29 is 23.0 Å². The molecule has 0 aromatic heterocycles. The Kier molecular flexibility index (Phi) is 7.58. The van der Waals surface area contributed by atoms with Gasteiger partial charge in [-0.25, -0.2) is 4.99 Å². The van der Waals surface area contributed by atoms with Gasteiger partial charge in [0.2, 0.25) is 0 Å². The predicted molar refractivity (Wildman–Crippen MR) is 119 cm³/mol. The number of benzene rings is 2. The fraction of sp³-hybridized carbons (Fsp3) is 0.333. The number of guanidine groups is 1. The fourth-order valence-electron chi connectivity index (χ4n) is 3.66. The third kappa shape index (κ3) is 4.96.